The Balaban J connectivity index is -0.000000216. The molecule has 0 aliphatic carbocycles. The molecule has 4 aromatic carbocycles. The SMILES string of the molecule is CC[C@H](C)[C@H](N=Cc1cccc(OC)c1[O-])C(=O)[O-].CC[C@H](C)[C@H](N=Cc1cccc(OC)c1[O-])C(=O)[O-].CO.CO.CO.CO.CO.O.O.O.[Ni+2].[Ni+2].c1cnc2c(c1)ccc1cccnc12.c1cnc2c(c1)ccc1cccnc12. The summed E-state index contributed by atoms with van der Waals surface area (Å²) < 4.78 is 9.81. The maximum Gasteiger partial charge on any atom is 2.00 e. The molecule has 11 N–H and O–H groups in total. The number of carboxylic acid groups (broad SMARTS) is 2. The van der Waals surface area contributed by atoms with Crippen molar-refractivity contribution in [3.63, 3.8) is 0 Å². The normalized spacial score (nSPS) is 10.8. The molecule has 24 heteroatoms. The molecule has 450 valence electrons. The first kappa shape index (κ1) is 85.0. The summed E-state index contributed by atoms with van der Waals surface area (Å²) in [5.74, 6) is -2.98. The summed E-state index contributed by atoms with van der Waals surface area (Å²) in [5.41, 5.74) is 4.51. The second kappa shape index (κ2) is 49.7. The van der Waals surface area contributed by atoms with Crippen molar-refractivity contribution in [1.29, 1.82) is 0 Å². The van der Waals surface area contributed by atoms with E-state index in [4.69, 9.17) is 35.0 Å². The molecule has 0 amide bonds. The fraction of sp³-hybridized carbons (Fsp3) is 0.298. The minimum absolute atomic E-state index is 0. The predicted octanol–water partition coefficient (Wildman–Crippen LogP) is 1.83. The number of benzene rings is 4. The number of aliphatic carboxylic acids is 2. The van der Waals surface area contributed by atoms with Gasteiger partial charge < -0.3 is 81.5 Å². The fourth-order valence-electron chi connectivity index (χ4n) is 6.60. The van der Waals surface area contributed by atoms with Gasteiger partial charge in [0.05, 0.1) is 60.3 Å². The van der Waals surface area contributed by atoms with E-state index in [0.717, 1.165) is 79.2 Å². The molecule has 4 heterocycles. The van der Waals surface area contributed by atoms with Gasteiger partial charge in [-0.3, -0.25) is 29.9 Å². The van der Waals surface area contributed by atoms with Crippen molar-refractivity contribution in [2.24, 2.45) is 21.8 Å². The van der Waals surface area contributed by atoms with Crippen molar-refractivity contribution in [3.05, 3.63) is 145 Å². The van der Waals surface area contributed by atoms with Gasteiger partial charge in [0.2, 0.25) is 0 Å². The Hall–Kier alpha value is -7.33. The number of hydrogen-bond acceptors (Lipinski definition) is 19. The molecule has 8 aromatic rings. The third kappa shape index (κ3) is 26.7. The minimum Gasteiger partial charge on any atom is -0.870 e. The van der Waals surface area contributed by atoms with Crippen LogP contribution in [0.4, 0.5) is 0 Å². The van der Waals surface area contributed by atoms with Gasteiger partial charge in [-0.1, -0.05) is 125 Å². The van der Waals surface area contributed by atoms with Crippen LogP contribution in [0.3, 0.4) is 0 Å². The Bertz CT molecular complexity index is 2670. The number of rotatable bonds is 12. The Kier molecular flexibility index (Phi) is 52.1. The number of aromatic nitrogens is 4. The standard InChI is InChI=1S/2C14H19NO4.2C12H8N2.5CH4O.2Ni.3H2O/c2*1-4-9(2)12(14(17)18)15-8-10-6-5-7-11(19-3)13(10)16;2*1-3-9-5-6-10-4-2-8-14-12(10)11(9)13-7-1;5*1-2;;;;;/h2*5-9,12,16H,4H2,1-3H3,(H,17,18);2*1-8H;5*2H,1H3;;;3*1H2/q;;;;;;;;;2*+2;;;/p-4/t2*9-,12-;;;;;;;;;;;;/m00............/s1. The number of aliphatic hydroxyl groups excluding tert-OH is 5. The quantitative estimate of drug-likeness (QED) is 0.0662. The van der Waals surface area contributed by atoms with Gasteiger partial charge in [-0.05, 0) is 59.4 Å². The molecule has 81 heavy (non-hydrogen) atoms. The van der Waals surface area contributed by atoms with Gasteiger partial charge in [-0.25, -0.2) is 0 Å². The monoisotopic (exact) mass is 1220 g/mol. The van der Waals surface area contributed by atoms with Crippen LogP contribution in [0.1, 0.15) is 51.7 Å². The third-order valence-corrected chi connectivity index (χ3v) is 10.7. The molecule has 0 aliphatic heterocycles. The number of para-hydroxylation sites is 2. The fourth-order valence-corrected chi connectivity index (χ4v) is 6.60. The number of carboxylic acids is 2. The minimum atomic E-state index is -1.24. The van der Waals surface area contributed by atoms with E-state index >= 15 is 0 Å². The van der Waals surface area contributed by atoms with Gasteiger partial charge in [0.15, 0.2) is 0 Å². The van der Waals surface area contributed by atoms with E-state index in [1.54, 1.807) is 75.0 Å². The molecular weight excluding hydrogens is 1140 g/mol. The number of ether oxygens (including phenoxy) is 2. The molecular formula is C57H76N6Ni2O16. The summed E-state index contributed by atoms with van der Waals surface area (Å²) in [5, 5.41) is 85.2. The van der Waals surface area contributed by atoms with Crippen LogP contribution in [0.25, 0.3) is 43.6 Å². The molecule has 0 bridgehead atoms. The van der Waals surface area contributed by atoms with Crippen LogP contribution in [-0.2, 0) is 42.6 Å². The van der Waals surface area contributed by atoms with Gasteiger partial charge in [-0.2, -0.15) is 0 Å². The van der Waals surface area contributed by atoms with Crippen LogP contribution >= 0.6 is 0 Å². The first-order valence-electron chi connectivity index (χ1n) is 23.5. The van der Waals surface area contributed by atoms with E-state index in [-0.39, 0.29) is 84.2 Å². The van der Waals surface area contributed by atoms with Crippen molar-refractivity contribution >= 4 is 68.0 Å². The Morgan fingerprint density at radius 2 is 0.716 bits per heavy atom. The number of methoxy groups -OCH3 is 2. The van der Waals surface area contributed by atoms with E-state index < -0.39 is 24.0 Å². The summed E-state index contributed by atoms with van der Waals surface area (Å²) in [6.07, 6.45) is 11.1. The number of nitrogens with zero attached hydrogens (tertiary/aromatic N) is 6. The second-order valence-electron chi connectivity index (χ2n) is 15.0. The number of pyridine rings is 4. The Labute approximate surface area is 492 Å². The first-order valence-corrected chi connectivity index (χ1v) is 23.5. The average molecular weight is 1220 g/mol. The van der Waals surface area contributed by atoms with Crippen LogP contribution in [0.2, 0.25) is 0 Å². The predicted molar refractivity (Wildman–Crippen MR) is 302 cm³/mol. The zero-order valence-corrected chi connectivity index (χ0v) is 48.9. The van der Waals surface area contributed by atoms with E-state index in [0.29, 0.717) is 24.0 Å². The number of carbonyl (C=O) groups excluding carboxylic acids is 2. The number of hydrogen-bond donors (Lipinski definition) is 5. The zero-order chi connectivity index (χ0) is 57.6. The Morgan fingerprint density at radius 3 is 0.926 bits per heavy atom. The first-order chi connectivity index (χ1) is 36.9. The molecule has 4 atom stereocenters. The summed E-state index contributed by atoms with van der Waals surface area (Å²) in [4.78, 5) is 47.3. The molecule has 22 nitrogen and oxygen atoms in total. The third-order valence-electron chi connectivity index (χ3n) is 10.7. The summed E-state index contributed by atoms with van der Waals surface area (Å²) in [6.45, 7) is 7.31. The van der Waals surface area contributed by atoms with Gasteiger partial charge in [0.25, 0.3) is 0 Å². The molecule has 4 aromatic heterocycles. The maximum absolute atomic E-state index is 11.8. The molecule has 0 aliphatic rings. The number of aliphatic imine (C=N–C) groups is 2. The summed E-state index contributed by atoms with van der Waals surface area (Å²) >= 11 is 0. The van der Waals surface area contributed by atoms with Crippen LogP contribution < -0.4 is 29.9 Å². The average Bonchev–Trinajstić information content (AvgIpc) is 3.48. The van der Waals surface area contributed by atoms with E-state index in [1.165, 1.54) is 26.6 Å². The Morgan fingerprint density at radius 1 is 0.469 bits per heavy atom. The van der Waals surface area contributed by atoms with Crippen molar-refractivity contribution in [2.75, 3.05) is 49.8 Å². The summed E-state index contributed by atoms with van der Waals surface area (Å²) in [7, 11) is 7.81. The van der Waals surface area contributed by atoms with Crippen LogP contribution in [0.15, 0.2) is 144 Å². The number of fused-ring (bicyclic) bond motifs is 6. The maximum atomic E-state index is 11.8. The van der Waals surface area contributed by atoms with E-state index in [1.807, 2.05) is 38.1 Å². The molecule has 0 saturated carbocycles. The largest absolute Gasteiger partial charge is 2.00 e. The summed E-state index contributed by atoms with van der Waals surface area (Å²) in [6, 6.07) is 31.9. The zero-order valence-electron chi connectivity index (χ0n) is 46.9. The molecule has 0 fully saturated rings. The molecule has 0 unspecified atom stereocenters. The van der Waals surface area contributed by atoms with E-state index in [9.17, 15) is 30.0 Å². The van der Waals surface area contributed by atoms with Crippen molar-refractivity contribution < 1.29 is 114 Å². The van der Waals surface area contributed by atoms with Crippen LogP contribution in [0.5, 0.6) is 23.0 Å². The molecule has 8 rings (SSSR count). The van der Waals surface area contributed by atoms with E-state index in [2.05, 4.69) is 78.5 Å². The van der Waals surface area contributed by atoms with Crippen molar-refractivity contribution in [1.82, 2.24) is 19.9 Å². The van der Waals surface area contributed by atoms with Gasteiger partial charge in [-0.15, -0.1) is 0 Å². The molecule has 0 saturated heterocycles. The molecule has 0 radical (unpaired) electrons. The van der Waals surface area contributed by atoms with Gasteiger partial charge >= 0.3 is 33.0 Å². The van der Waals surface area contributed by atoms with Crippen molar-refractivity contribution in [2.45, 2.75) is 52.6 Å². The second-order valence-corrected chi connectivity index (χ2v) is 15.0. The molecule has 0 spiro atoms. The number of carbonyl (C=O) groups is 2. The van der Waals surface area contributed by atoms with Crippen molar-refractivity contribution in [3.8, 4) is 23.0 Å². The van der Waals surface area contributed by atoms with Gasteiger partial charge in [0.1, 0.15) is 11.5 Å². The smallest absolute Gasteiger partial charge is 0.870 e. The topological polar surface area (TPSA) is 417 Å². The number of aliphatic hydroxyl groups is 5. The van der Waals surface area contributed by atoms with Crippen LogP contribution in [0, 0.1) is 11.8 Å². The van der Waals surface area contributed by atoms with Gasteiger partial charge in [0, 0.05) is 94.3 Å². The van der Waals surface area contributed by atoms with Crippen LogP contribution in [-0.4, -0.2) is 148 Å².